The number of aromatic nitrogens is 1. The van der Waals surface area contributed by atoms with E-state index in [-0.39, 0.29) is 22.4 Å². The summed E-state index contributed by atoms with van der Waals surface area (Å²) in [6.45, 7) is 5.01. The molecule has 98 valence electrons. The monoisotopic (exact) mass is 271 g/mol. The molecule has 0 aliphatic rings. The number of hydrogen-bond donors (Lipinski definition) is 1. The molecule has 7 heteroatoms. The molecule has 0 aromatic carbocycles. The minimum absolute atomic E-state index is 0.0437. The van der Waals surface area contributed by atoms with Crippen LogP contribution >= 0.6 is 11.6 Å². The number of aryl methyl sites for hydroxylation is 1. The maximum absolute atomic E-state index is 11.5. The second-order valence-electron chi connectivity index (χ2n) is 3.89. The lowest BCUT2D eigenvalue weighted by Crippen LogP contribution is -2.14. The van der Waals surface area contributed by atoms with Gasteiger partial charge in [0.2, 0.25) is 11.7 Å². The average Bonchev–Trinajstić information content (AvgIpc) is 2.25. The highest BCUT2D eigenvalue weighted by atomic mass is 35.5. The van der Waals surface area contributed by atoms with Crippen molar-refractivity contribution in [2.24, 2.45) is 0 Å². The van der Waals surface area contributed by atoms with Crippen LogP contribution in [0, 0.1) is 24.0 Å². The van der Waals surface area contributed by atoms with E-state index >= 15 is 0 Å². The highest BCUT2D eigenvalue weighted by molar-refractivity contribution is 6.32. The van der Waals surface area contributed by atoms with Gasteiger partial charge in [0.05, 0.1) is 21.2 Å². The van der Waals surface area contributed by atoms with Crippen LogP contribution in [-0.2, 0) is 4.79 Å². The number of pyridine rings is 1. The van der Waals surface area contributed by atoms with Gasteiger partial charge in [-0.1, -0.05) is 18.5 Å². The van der Waals surface area contributed by atoms with E-state index in [2.05, 4.69) is 10.3 Å². The van der Waals surface area contributed by atoms with Crippen LogP contribution in [0.1, 0.15) is 31.0 Å². The number of nitrogens with zero attached hydrogens (tertiary/aromatic N) is 2. The summed E-state index contributed by atoms with van der Waals surface area (Å²) in [6.07, 6.45) is 0.949. The second kappa shape index (κ2) is 5.77. The van der Waals surface area contributed by atoms with E-state index in [1.54, 1.807) is 6.92 Å². The number of anilines is 1. The van der Waals surface area contributed by atoms with Gasteiger partial charge in [-0.25, -0.2) is 4.98 Å². The third-order valence-corrected chi connectivity index (χ3v) is 2.98. The van der Waals surface area contributed by atoms with Crippen molar-refractivity contribution >= 4 is 29.0 Å². The van der Waals surface area contributed by atoms with Crippen LogP contribution < -0.4 is 5.32 Å². The lowest BCUT2D eigenvalue weighted by Gasteiger charge is -2.09. The maximum atomic E-state index is 11.5. The second-order valence-corrected chi connectivity index (χ2v) is 4.27. The predicted octanol–water partition coefficient (Wildman–Crippen LogP) is 3.00. The summed E-state index contributed by atoms with van der Waals surface area (Å²) in [5.74, 6) is -0.341. The van der Waals surface area contributed by atoms with Gasteiger partial charge in [-0.2, -0.15) is 0 Å². The molecule has 0 aliphatic carbocycles. The van der Waals surface area contributed by atoms with E-state index in [0.717, 1.165) is 0 Å². The van der Waals surface area contributed by atoms with E-state index < -0.39 is 4.92 Å². The molecular weight excluding hydrogens is 258 g/mol. The van der Waals surface area contributed by atoms with Gasteiger partial charge < -0.3 is 5.32 Å². The normalized spacial score (nSPS) is 10.2. The van der Waals surface area contributed by atoms with Crippen molar-refractivity contribution in [1.82, 2.24) is 4.98 Å². The van der Waals surface area contributed by atoms with Gasteiger partial charge in [0.25, 0.3) is 0 Å². The van der Waals surface area contributed by atoms with Crippen molar-refractivity contribution in [3.05, 3.63) is 26.4 Å². The van der Waals surface area contributed by atoms with Crippen LogP contribution in [0.2, 0.25) is 5.02 Å². The number of carbonyl (C=O) groups is 1. The lowest BCUT2D eigenvalue weighted by molar-refractivity contribution is -0.384. The van der Waals surface area contributed by atoms with Gasteiger partial charge in [-0.15, -0.1) is 0 Å². The highest BCUT2D eigenvalue weighted by Gasteiger charge is 2.24. The minimum atomic E-state index is -0.588. The first-order valence-corrected chi connectivity index (χ1v) is 5.87. The average molecular weight is 272 g/mol. The third kappa shape index (κ3) is 2.95. The fourth-order valence-electron chi connectivity index (χ4n) is 1.55. The minimum Gasteiger partial charge on any atom is -0.305 e. The van der Waals surface area contributed by atoms with E-state index in [1.807, 2.05) is 6.92 Å². The molecule has 1 N–H and O–H groups in total. The Kier molecular flexibility index (Phi) is 4.61. The molecule has 18 heavy (non-hydrogen) atoms. The van der Waals surface area contributed by atoms with E-state index in [1.165, 1.54) is 6.92 Å². The van der Waals surface area contributed by atoms with Crippen molar-refractivity contribution < 1.29 is 9.72 Å². The molecule has 0 radical (unpaired) electrons. The Bertz CT molecular complexity index is 503. The molecule has 1 amide bonds. The zero-order valence-corrected chi connectivity index (χ0v) is 11.2. The first-order valence-electron chi connectivity index (χ1n) is 5.49. The Morgan fingerprint density at radius 2 is 2.11 bits per heavy atom. The molecule has 1 aromatic rings. The standard InChI is InChI=1S/C11H14ClN3O3/c1-4-5-8(16)14-11-10(15(17)18)6(2)9(12)7(3)13-11/h4-5H2,1-3H3,(H,13,14,16). The Morgan fingerprint density at radius 3 is 2.61 bits per heavy atom. The molecule has 6 nitrogen and oxygen atoms in total. The molecular formula is C11H14ClN3O3. The lowest BCUT2D eigenvalue weighted by atomic mass is 10.2. The van der Waals surface area contributed by atoms with Crippen molar-refractivity contribution in [2.75, 3.05) is 5.32 Å². The number of hydrogen-bond acceptors (Lipinski definition) is 4. The van der Waals surface area contributed by atoms with Crippen LogP contribution in [0.3, 0.4) is 0 Å². The van der Waals surface area contributed by atoms with E-state index in [4.69, 9.17) is 11.6 Å². The van der Waals surface area contributed by atoms with Gasteiger partial charge in [0.1, 0.15) is 0 Å². The fourth-order valence-corrected chi connectivity index (χ4v) is 1.69. The third-order valence-electron chi connectivity index (χ3n) is 2.42. The Hall–Kier alpha value is -1.69. The summed E-state index contributed by atoms with van der Waals surface area (Å²) in [5, 5.41) is 13.7. The van der Waals surface area contributed by atoms with Crippen LogP contribution in [0.4, 0.5) is 11.5 Å². The highest BCUT2D eigenvalue weighted by Crippen LogP contribution is 2.33. The number of amides is 1. The van der Waals surface area contributed by atoms with Crippen molar-refractivity contribution in [3.8, 4) is 0 Å². The van der Waals surface area contributed by atoms with Crippen molar-refractivity contribution in [1.29, 1.82) is 0 Å². The summed E-state index contributed by atoms with van der Waals surface area (Å²) in [4.78, 5) is 25.9. The predicted molar refractivity (Wildman–Crippen MR) is 68.9 cm³/mol. The van der Waals surface area contributed by atoms with Crippen LogP contribution in [0.25, 0.3) is 0 Å². The summed E-state index contributed by atoms with van der Waals surface area (Å²) >= 11 is 5.92. The Balaban J connectivity index is 3.25. The molecule has 0 saturated carbocycles. The van der Waals surface area contributed by atoms with E-state index in [0.29, 0.717) is 24.1 Å². The van der Waals surface area contributed by atoms with Gasteiger partial charge in [-0.3, -0.25) is 14.9 Å². The molecule has 0 spiro atoms. The molecule has 0 fully saturated rings. The van der Waals surface area contributed by atoms with Gasteiger partial charge in [0, 0.05) is 6.42 Å². The summed E-state index contributed by atoms with van der Waals surface area (Å²) in [6, 6.07) is 0. The number of nitrogens with one attached hydrogen (secondary N) is 1. The molecule has 0 unspecified atom stereocenters. The molecule has 0 bridgehead atoms. The Morgan fingerprint density at radius 1 is 1.50 bits per heavy atom. The number of nitro groups is 1. The molecule has 1 heterocycles. The SMILES string of the molecule is CCCC(=O)Nc1nc(C)c(Cl)c(C)c1[N+](=O)[O-]. The summed E-state index contributed by atoms with van der Waals surface area (Å²) < 4.78 is 0. The van der Waals surface area contributed by atoms with E-state index in [9.17, 15) is 14.9 Å². The molecule has 0 atom stereocenters. The number of carbonyl (C=O) groups excluding carboxylic acids is 1. The van der Waals surface area contributed by atoms with Gasteiger partial charge >= 0.3 is 5.69 Å². The summed E-state index contributed by atoms with van der Waals surface area (Å²) in [7, 11) is 0. The number of halogens is 1. The fraction of sp³-hybridized carbons (Fsp3) is 0.455. The molecule has 1 aromatic heterocycles. The van der Waals surface area contributed by atoms with Crippen LogP contribution in [0.15, 0.2) is 0 Å². The number of rotatable bonds is 4. The zero-order valence-electron chi connectivity index (χ0n) is 10.4. The molecule has 0 aliphatic heterocycles. The zero-order chi connectivity index (χ0) is 13.9. The molecule has 0 saturated heterocycles. The van der Waals surface area contributed by atoms with Crippen LogP contribution in [-0.4, -0.2) is 15.8 Å². The first kappa shape index (κ1) is 14.4. The quantitative estimate of drug-likeness (QED) is 0.674. The first-order chi connectivity index (χ1) is 8.38. The smallest absolute Gasteiger partial charge is 0.305 e. The molecule has 1 rings (SSSR count). The van der Waals surface area contributed by atoms with Gasteiger partial charge in [0.15, 0.2) is 0 Å². The largest absolute Gasteiger partial charge is 0.316 e. The van der Waals surface area contributed by atoms with Crippen LogP contribution in [0.5, 0.6) is 0 Å². The maximum Gasteiger partial charge on any atom is 0.316 e. The van der Waals surface area contributed by atoms with Crippen molar-refractivity contribution in [3.63, 3.8) is 0 Å². The van der Waals surface area contributed by atoms with Crippen molar-refractivity contribution in [2.45, 2.75) is 33.6 Å². The Labute approximate surface area is 110 Å². The van der Waals surface area contributed by atoms with Gasteiger partial charge in [-0.05, 0) is 20.3 Å². The summed E-state index contributed by atoms with van der Waals surface area (Å²) in [5.41, 5.74) is 0.502. The topological polar surface area (TPSA) is 85.1 Å².